The standard InChI is InChI=1S/C16H19FN2O3/c17-12-6-2-3-7-13(12)22-11-10-19-14(20)16(18-15(19)21)8-4-1-5-9-16/h2-3,6-7H,1,4-5,8-11H2,(H,18,21). The molecule has 1 aromatic carbocycles. The smallest absolute Gasteiger partial charge is 0.325 e. The SMILES string of the molecule is O=C1NC2(CCCCC2)C(=O)N1CCOc1ccccc1F. The van der Waals surface area contributed by atoms with Gasteiger partial charge >= 0.3 is 6.03 Å². The molecule has 3 rings (SSSR count). The minimum atomic E-state index is -0.715. The Morgan fingerprint density at radius 1 is 1.18 bits per heavy atom. The van der Waals surface area contributed by atoms with Gasteiger partial charge < -0.3 is 10.1 Å². The van der Waals surface area contributed by atoms with E-state index in [2.05, 4.69) is 5.32 Å². The van der Waals surface area contributed by atoms with Gasteiger partial charge in [0.2, 0.25) is 0 Å². The van der Waals surface area contributed by atoms with Crippen LogP contribution in [0.25, 0.3) is 0 Å². The highest BCUT2D eigenvalue weighted by Crippen LogP contribution is 2.33. The first-order chi connectivity index (χ1) is 10.6. The lowest BCUT2D eigenvalue weighted by Crippen LogP contribution is -2.48. The maximum atomic E-state index is 13.4. The van der Waals surface area contributed by atoms with Crippen LogP contribution in [0.15, 0.2) is 24.3 Å². The van der Waals surface area contributed by atoms with E-state index < -0.39 is 11.4 Å². The molecule has 6 heteroatoms. The van der Waals surface area contributed by atoms with E-state index in [9.17, 15) is 14.0 Å². The number of nitrogens with one attached hydrogen (secondary N) is 1. The third-order valence-electron chi connectivity index (χ3n) is 4.36. The Bertz CT molecular complexity index is 585. The number of hydrogen-bond donors (Lipinski definition) is 1. The first-order valence-corrected chi connectivity index (χ1v) is 7.64. The lowest BCUT2D eigenvalue weighted by molar-refractivity contribution is -0.132. The van der Waals surface area contributed by atoms with Crippen LogP contribution >= 0.6 is 0 Å². The molecule has 1 heterocycles. The van der Waals surface area contributed by atoms with Gasteiger partial charge in [-0.15, -0.1) is 0 Å². The summed E-state index contributed by atoms with van der Waals surface area (Å²) in [5, 5.41) is 2.84. The zero-order chi connectivity index (χ0) is 15.6. The number of benzene rings is 1. The molecule has 0 aromatic heterocycles. The topological polar surface area (TPSA) is 58.6 Å². The minimum absolute atomic E-state index is 0.0795. The number of nitrogens with zero attached hydrogens (tertiary/aromatic N) is 1. The highest BCUT2D eigenvalue weighted by molar-refractivity contribution is 6.07. The Balaban J connectivity index is 1.60. The number of carbonyl (C=O) groups is 2. The van der Waals surface area contributed by atoms with Crippen molar-refractivity contribution in [2.45, 2.75) is 37.6 Å². The molecule has 3 amide bonds. The lowest BCUT2D eigenvalue weighted by Gasteiger charge is -2.30. The van der Waals surface area contributed by atoms with Crippen LogP contribution in [0.2, 0.25) is 0 Å². The third kappa shape index (κ3) is 2.65. The molecular formula is C16H19FN2O3. The van der Waals surface area contributed by atoms with Gasteiger partial charge in [-0.2, -0.15) is 0 Å². The average molecular weight is 306 g/mol. The van der Waals surface area contributed by atoms with Gasteiger partial charge in [-0.1, -0.05) is 31.4 Å². The van der Waals surface area contributed by atoms with Gasteiger partial charge in [0.05, 0.1) is 6.54 Å². The van der Waals surface area contributed by atoms with Gasteiger partial charge in [-0.05, 0) is 25.0 Å². The molecular weight excluding hydrogens is 287 g/mol. The first-order valence-electron chi connectivity index (χ1n) is 7.64. The molecule has 1 N–H and O–H groups in total. The monoisotopic (exact) mass is 306 g/mol. The molecule has 0 atom stereocenters. The molecule has 1 aliphatic heterocycles. The predicted octanol–water partition coefficient (Wildman–Crippen LogP) is 2.46. The van der Waals surface area contributed by atoms with Crippen LogP contribution in [0.3, 0.4) is 0 Å². The first kappa shape index (κ1) is 14.8. The Kier molecular flexibility index (Phi) is 4.00. The minimum Gasteiger partial charge on any atom is -0.489 e. The van der Waals surface area contributed by atoms with Crippen LogP contribution in [0.5, 0.6) is 5.75 Å². The van der Waals surface area contributed by atoms with Gasteiger partial charge in [-0.25, -0.2) is 9.18 Å². The second-order valence-electron chi connectivity index (χ2n) is 5.81. The molecule has 1 aromatic rings. The van der Waals surface area contributed by atoms with Crippen LogP contribution in [0, 0.1) is 5.82 Å². The van der Waals surface area contributed by atoms with Crippen LogP contribution in [-0.4, -0.2) is 35.5 Å². The molecule has 2 aliphatic rings. The van der Waals surface area contributed by atoms with Crippen molar-refractivity contribution in [3.63, 3.8) is 0 Å². The quantitative estimate of drug-likeness (QED) is 0.869. The summed E-state index contributed by atoms with van der Waals surface area (Å²) in [5.41, 5.74) is -0.715. The van der Waals surface area contributed by atoms with E-state index in [0.717, 1.165) is 19.3 Å². The summed E-state index contributed by atoms with van der Waals surface area (Å²) < 4.78 is 18.8. The summed E-state index contributed by atoms with van der Waals surface area (Å²) in [5.74, 6) is -0.500. The maximum absolute atomic E-state index is 13.4. The van der Waals surface area contributed by atoms with Crippen molar-refractivity contribution in [1.29, 1.82) is 0 Å². The lowest BCUT2D eigenvalue weighted by atomic mass is 9.82. The van der Waals surface area contributed by atoms with Crippen molar-refractivity contribution in [3.05, 3.63) is 30.1 Å². The van der Waals surface area contributed by atoms with Crippen LogP contribution < -0.4 is 10.1 Å². The summed E-state index contributed by atoms with van der Waals surface area (Å²) in [6.45, 7) is 0.205. The predicted molar refractivity (Wildman–Crippen MR) is 78.0 cm³/mol. The second kappa shape index (κ2) is 5.94. The van der Waals surface area contributed by atoms with E-state index >= 15 is 0 Å². The normalized spacial score (nSPS) is 20.3. The molecule has 0 radical (unpaired) electrons. The van der Waals surface area contributed by atoms with Crippen molar-refractivity contribution in [3.8, 4) is 5.75 Å². The molecule has 0 bridgehead atoms. The Hall–Kier alpha value is -2.11. The Morgan fingerprint density at radius 3 is 2.64 bits per heavy atom. The van der Waals surface area contributed by atoms with Gasteiger partial charge in [-0.3, -0.25) is 9.69 Å². The fraction of sp³-hybridized carbons (Fsp3) is 0.500. The number of para-hydroxylation sites is 1. The summed E-state index contributed by atoms with van der Waals surface area (Å²) in [7, 11) is 0. The van der Waals surface area contributed by atoms with Crippen LogP contribution in [-0.2, 0) is 4.79 Å². The highest BCUT2D eigenvalue weighted by atomic mass is 19.1. The van der Waals surface area contributed by atoms with E-state index in [1.165, 1.54) is 17.0 Å². The number of ether oxygens (including phenoxy) is 1. The maximum Gasteiger partial charge on any atom is 0.325 e. The number of rotatable bonds is 4. The summed E-state index contributed by atoms with van der Waals surface area (Å²) in [6.07, 6.45) is 4.39. The van der Waals surface area contributed by atoms with E-state index in [4.69, 9.17) is 4.74 Å². The second-order valence-corrected chi connectivity index (χ2v) is 5.81. The van der Waals surface area contributed by atoms with Crippen LogP contribution in [0.1, 0.15) is 32.1 Å². The molecule has 22 heavy (non-hydrogen) atoms. The molecule has 118 valence electrons. The number of amides is 3. The van der Waals surface area contributed by atoms with Gasteiger partial charge in [0, 0.05) is 0 Å². The van der Waals surface area contributed by atoms with Crippen molar-refractivity contribution in [2.75, 3.05) is 13.2 Å². The zero-order valence-corrected chi connectivity index (χ0v) is 12.3. The molecule has 1 spiro atoms. The Labute approximate surface area is 128 Å². The molecule has 1 saturated heterocycles. The highest BCUT2D eigenvalue weighted by Gasteiger charge is 2.50. The van der Waals surface area contributed by atoms with E-state index in [0.29, 0.717) is 12.8 Å². The van der Waals surface area contributed by atoms with Crippen molar-refractivity contribution < 1.29 is 18.7 Å². The van der Waals surface area contributed by atoms with Gasteiger partial charge in [0.25, 0.3) is 5.91 Å². The summed E-state index contributed by atoms with van der Waals surface area (Å²) in [4.78, 5) is 25.7. The third-order valence-corrected chi connectivity index (χ3v) is 4.36. The molecule has 5 nitrogen and oxygen atoms in total. The molecule has 1 saturated carbocycles. The number of hydrogen-bond acceptors (Lipinski definition) is 3. The van der Waals surface area contributed by atoms with Gasteiger partial charge in [0.15, 0.2) is 11.6 Å². The van der Waals surface area contributed by atoms with E-state index in [1.54, 1.807) is 12.1 Å². The fourth-order valence-electron chi connectivity index (χ4n) is 3.18. The number of imide groups is 1. The van der Waals surface area contributed by atoms with Crippen LogP contribution in [0.4, 0.5) is 9.18 Å². The number of halogens is 1. The fourth-order valence-corrected chi connectivity index (χ4v) is 3.18. The van der Waals surface area contributed by atoms with E-state index in [-0.39, 0.29) is 30.8 Å². The molecule has 2 fully saturated rings. The zero-order valence-electron chi connectivity index (χ0n) is 12.3. The number of carbonyl (C=O) groups excluding carboxylic acids is 2. The summed E-state index contributed by atoms with van der Waals surface area (Å²) in [6, 6.07) is 5.70. The molecule has 0 unspecified atom stereocenters. The largest absolute Gasteiger partial charge is 0.489 e. The molecule has 1 aliphatic carbocycles. The average Bonchev–Trinajstić information content (AvgIpc) is 2.74. The number of urea groups is 1. The Morgan fingerprint density at radius 2 is 1.91 bits per heavy atom. The van der Waals surface area contributed by atoms with Gasteiger partial charge in [0.1, 0.15) is 12.1 Å². The summed E-state index contributed by atoms with van der Waals surface area (Å²) >= 11 is 0. The van der Waals surface area contributed by atoms with Crippen molar-refractivity contribution in [1.82, 2.24) is 10.2 Å². The van der Waals surface area contributed by atoms with Crippen molar-refractivity contribution >= 4 is 11.9 Å². The van der Waals surface area contributed by atoms with E-state index in [1.807, 2.05) is 0 Å². The van der Waals surface area contributed by atoms with Crippen molar-refractivity contribution in [2.24, 2.45) is 0 Å².